The van der Waals surface area contributed by atoms with Crippen molar-refractivity contribution in [2.24, 2.45) is 11.8 Å². The number of carbonyl (C=O) groups is 1. The van der Waals surface area contributed by atoms with Crippen LogP contribution in [-0.2, 0) is 11.3 Å². The molecule has 1 aromatic carbocycles. The minimum atomic E-state index is -0.305. The number of piperidine rings is 1. The Hall–Kier alpha value is -1.93. The number of nitrogens with zero attached hydrogens (tertiary/aromatic N) is 4. The Morgan fingerprint density at radius 3 is 2.58 bits per heavy atom. The van der Waals surface area contributed by atoms with Gasteiger partial charge in [0, 0.05) is 11.7 Å². The van der Waals surface area contributed by atoms with E-state index in [1.54, 1.807) is 12.1 Å². The summed E-state index contributed by atoms with van der Waals surface area (Å²) in [4.78, 5) is 15.4. The van der Waals surface area contributed by atoms with Crippen molar-refractivity contribution in [3.8, 4) is 5.69 Å². The van der Waals surface area contributed by atoms with E-state index in [0.29, 0.717) is 23.5 Å². The van der Waals surface area contributed by atoms with E-state index in [2.05, 4.69) is 34.3 Å². The van der Waals surface area contributed by atoms with Gasteiger partial charge in [-0.2, -0.15) is 0 Å². The summed E-state index contributed by atoms with van der Waals surface area (Å²) in [5.41, 5.74) is 0.818. The minimum Gasteiger partial charge on any atom is -0.352 e. The molecule has 0 spiro atoms. The van der Waals surface area contributed by atoms with E-state index in [1.165, 1.54) is 49.6 Å². The molecule has 0 bridgehead atoms. The van der Waals surface area contributed by atoms with Crippen LogP contribution < -0.4 is 5.32 Å². The molecule has 1 saturated heterocycles. The third-order valence-electron chi connectivity index (χ3n) is 7.28. The molecule has 1 amide bonds. The number of amides is 1. The van der Waals surface area contributed by atoms with Gasteiger partial charge in [-0.05, 0) is 75.4 Å². The maximum absolute atomic E-state index is 13.6. The summed E-state index contributed by atoms with van der Waals surface area (Å²) in [6, 6.07) is 6.64. The highest BCUT2D eigenvalue weighted by Crippen LogP contribution is 2.31. The lowest BCUT2D eigenvalue weighted by atomic mass is 9.78. The van der Waals surface area contributed by atoms with E-state index in [0.717, 1.165) is 37.4 Å². The summed E-state index contributed by atoms with van der Waals surface area (Å²) in [5.74, 6) is 1.71. The fraction of sp³-hybridized carbons (Fsp3) is 0.640. The van der Waals surface area contributed by atoms with Crippen LogP contribution in [0.4, 0.5) is 4.39 Å². The summed E-state index contributed by atoms with van der Waals surface area (Å²) in [6.45, 7) is 9.24. The van der Waals surface area contributed by atoms with Gasteiger partial charge < -0.3 is 5.32 Å². The number of hydrogen-bond donors (Lipinski definition) is 1. The van der Waals surface area contributed by atoms with Crippen LogP contribution in [0.2, 0.25) is 0 Å². The van der Waals surface area contributed by atoms with Gasteiger partial charge in [-0.25, -0.2) is 4.39 Å². The van der Waals surface area contributed by atoms with Crippen molar-refractivity contribution < 1.29 is 9.18 Å². The number of nitrogens with one attached hydrogen (secondary N) is 1. The Morgan fingerprint density at radius 2 is 1.85 bits per heavy atom. The van der Waals surface area contributed by atoms with E-state index in [9.17, 15) is 9.18 Å². The number of halogens is 1. The molecule has 2 aromatic rings. The topological polar surface area (TPSA) is 63.1 Å². The van der Waals surface area contributed by atoms with Gasteiger partial charge >= 0.3 is 0 Å². The standard InChI is InChI=1S/C25H36FN5OS/c1-17-8-7-9-22(18(17)2)27-24(32)19(3)33-25-29-28-23(16-30-14-5-4-6-15-30)31(25)21-12-10-20(26)11-13-21/h10-13,17-19,22H,4-9,14-16H2,1-3H3,(H,27,32)/t17-,18+,19-,22-/m1/s1. The Kier molecular flexibility index (Phi) is 8.07. The van der Waals surface area contributed by atoms with Gasteiger partial charge in [0.15, 0.2) is 11.0 Å². The molecule has 4 rings (SSSR count). The van der Waals surface area contributed by atoms with E-state index in [-0.39, 0.29) is 23.0 Å². The second-order valence-electron chi connectivity index (χ2n) is 9.69. The average molecular weight is 474 g/mol. The number of carbonyl (C=O) groups excluding carboxylic acids is 1. The first-order valence-electron chi connectivity index (χ1n) is 12.3. The number of aromatic nitrogens is 3. The number of likely N-dealkylation sites (tertiary alicyclic amines) is 1. The Morgan fingerprint density at radius 1 is 1.12 bits per heavy atom. The van der Waals surface area contributed by atoms with Crippen LogP contribution in [0, 0.1) is 17.7 Å². The van der Waals surface area contributed by atoms with Gasteiger partial charge in [0.05, 0.1) is 11.8 Å². The molecule has 1 saturated carbocycles. The zero-order valence-corrected chi connectivity index (χ0v) is 20.8. The summed E-state index contributed by atoms with van der Waals surface area (Å²) < 4.78 is 15.6. The van der Waals surface area contributed by atoms with Crippen molar-refractivity contribution in [3.05, 3.63) is 35.9 Å². The second-order valence-corrected chi connectivity index (χ2v) is 11.0. The lowest BCUT2D eigenvalue weighted by Crippen LogP contribution is -2.46. The monoisotopic (exact) mass is 473 g/mol. The molecule has 0 radical (unpaired) electrons. The van der Waals surface area contributed by atoms with Crippen LogP contribution in [0.1, 0.15) is 65.1 Å². The smallest absolute Gasteiger partial charge is 0.233 e. The van der Waals surface area contributed by atoms with E-state index in [1.807, 2.05) is 11.5 Å². The third kappa shape index (κ3) is 5.96. The molecule has 180 valence electrons. The number of benzene rings is 1. The van der Waals surface area contributed by atoms with Crippen LogP contribution in [0.5, 0.6) is 0 Å². The lowest BCUT2D eigenvalue weighted by molar-refractivity contribution is -0.121. The molecule has 2 aliphatic rings. The third-order valence-corrected chi connectivity index (χ3v) is 8.33. The molecule has 1 N–H and O–H groups in total. The van der Waals surface area contributed by atoms with Crippen LogP contribution in [0.15, 0.2) is 29.4 Å². The highest BCUT2D eigenvalue weighted by molar-refractivity contribution is 8.00. The van der Waals surface area contributed by atoms with Crippen molar-refractivity contribution in [2.75, 3.05) is 13.1 Å². The molecule has 0 unspecified atom stereocenters. The highest BCUT2D eigenvalue weighted by atomic mass is 32.2. The Balaban J connectivity index is 1.51. The average Bonchev–Trinajstić information content (AvgIpc) is 3.19. The normalized spacial score (nSPS) is 25.0. The summed E-state index contributed by atoms with van der Waals surface area (Å²) >= 11 is 1.42. The SMILES string of the molecule is C[C@H]1[C@H](C)CCC[C@H]1NC(=O)[C@@H](C)Sc1nnc(CN2CCCCC2)n1-c1ccc(F)cc1. The quantitative estimate of drug-likeness (QED) is 0.585. The minimum absolute atomic E-state index is 0.0391. The number of rotatable bonds is 7. The summed E-state index contributed by atoms with van der Waals surface area (Å²) in [5, 5.41) is 12.6. The molecule has 1 aromatic heterocycles. The predicted octanol–water partition coefficient (Wildman–Crippen LogP) is 4.81. The number of thioether (sulfide) groups is 1. The van der Waals surface area contributed by atoms with Crippen LogP contribution in [-0.4, -0.2) is 50.0 Å². The molecule has 33 heavy (non-hydrogen) atoms. The van der Waals surface area contributed by atoms with Crippen molar-refractivity contribution in [1.29, 1.82) is 0 Å². The van der Waals surface area contributed by atoms with Gasteiger partial charge in [-0.15, -0.1) is 10.2 Å². The van der Waals surface area contributed by atoms with Gasteiger partial charge in [0.1, 0.15) is 5.82 Å². The Bertz CT molecular complexity index is 927. The van der Waals surface area contributed by atoms with Gasteiger partial charge in [0.2, 0.25) is 5.91 Å². The molecule has 8 heteroatoms. The summed E-state index contributed by atoms with van der Waals surface area (Å²) in [6.07, 6.45) is 7.10. The molecular formula is C25H36FN5OS. The van der Waals surface area contributed by atoms with Gasteiger partial charge in [-0.3, -0.25) is 14.3 Å². The van der Waals surface area contributed by atoms with Crippen molar-refractivity contribution in [1.82, 2.24) is 25.0 Å². The van der Waals surface area contributed by atoms with Crippen LogP contribution in [0.25, 0.3) is 5.69 Å². The Labute approximate surface area is 200 Å². The first kappa shape index (κ1) is 24.2. The second kappa shape index (κ2) is 11.0. The molecule has 1 aliphatic carbocycles. The van der Waals surface area contributed by atoms with E-state index >= 15 is 0 Å². The molecule has 2 fully saturated rings. The maximum atomic E-state index is 13.6. The molecule has 1 aliphatic heterocycles. The largest absolute Gasteiger partial charge is 0.352 e. The zero-order chi connectivity index (χ0) is 23.4. The molecule has 4 atom stereocenters. The van der Waals surface area contributed by atoms with Gasteiger partial charge in [0.25, 0.3) is 0 Å². The van der Waals surface area contributed by atoms with Crippen molar-refractivity contribution in [3.63, 3.8) is 0 Å². The zero-order valence-electron chi connectivity index (χ0n) is 20.0. The predicted molar refractivity (Wildman–Crippen MR) is 130 cm³/mol. The first-order chi connectivity index (χ1) is 15.9. The van der Waals surface area contributed by atoms with Gasteiger partial charge in [-0.1, -0.05) is 44.9 Å². The van der Waals surface area contributed by atoms with Crippen molar-refractivity contribution >= 4 is 17.7 Å². The molecule has 2 heterocycles. The summed E-state index contributed by atoms with van der Waals surface area (Å²) in [7, 11) is 0. The maximum Gasteiger partial charge on any atom is 0.233 e. The van der Waals surface area contributed by atoms with Crippen LogP contribution >= 0.6 is 11.8 Å². The van der Waals surface area contributed by atoms with E-state index in [4.69, 9.17) is 0 Å². The lowest BCUT2D eigenvalue weighted by Gasteiger charge is -2.35. The first-order valence-corrected chi connectivity index (χ1v) is 13.2. The fourth-order valence-electron chi connectivity index (χ4n) is 4.94. The molecular weight excluding hydrogens is 437 g/mol. The molecule has 6 nitrogen and oxygen atoms in total. The fourth-order valence-corrected chi connectivity index (χ4v) is 5.84. The van der Waals surface area contributed by atoms with Crippen LogP contribution in [0.3, 0.4) is 0 Å². The number of hydrogen-bond acceptors (Lipinski definition) is 5. The highest BCUT2D eigenvalue weighted by Gasteiger charge is 2.30. The van der Waals surface area contributed by atoms with Crippen molar-refractivity contribution in [2.45, 2.75) is 82.3 Å². The van der Waals surface area contributed by atoms with E-state index < -0.39 is 0 Å².